The number of amides is 1. The lowest BCUT2D eigenvalue weighted by Gasteiger charge is -2.58. The molecule has 4 aliphatic carbocycles. The quantitative estimate of drug-likeness (QED) is 0.344. The van der Waals surface area contributed by atoms with Crippen molar-refractivity contribution in [2.24, 2.45) is 40.4 Å². The minimum absolute atomic E-state index is 0.0504. The van der Waals surface area contributed by atoms with E-state index >= 15 is 0 Å². The van der Waals surface area contributed by atoms with Gasteiger partial charge in [-0.25, -0.2) is 0 Å². The van der Waals surface area contributed by atoms with E-state index in [4.69, 9.17) is 9.47 Å². The van der Waals surface area contributed by atoms with Crippen molar-refractivity contribution in [2.75, 3.05) is 6.54 Å². The Morgan fingerprint density at radius 2 is 1.97 bits per heavy atom. The van der Waals surface area contributed by atoms with Crippen LogP contribution in [0.15, 0.2) is 23.0 Å². The second kappa shape index (κ2) is 9.51. The summed E-state index contributed by atoms with van der Waals surface area (Å²) >= 11 is 0. The van der Waals surface area contributed by atoms with Gasteiger partial charge in [0.15, 0.2) is 0 Å². The zero-order valence-electron chi connectivity index (χ0n) is 23.3. The molecule has 5 rings (SSSR count). The van der Waals surface area contributed by atoms with Crippen LogP contribution < -0.4 is 5.32 Å². The molecule has 36 heavy (non-hydrogen) atoms. The van der Waals surface area contributed by atoms with Gasteiger partial charge in [-0.05, 0) is 91.9 Å². The summed E-state index contributed by atoms with van der Waals surface area (Å²) in [7, 11) is 0. The van der Waals surface area contributed by atoms with Crippen LogP contribution in [0.2, 0.25) is 0 Å². The van der Waals surface area contributed by atoms with Gasteiger partial charge in [-0.2, -0.15) is 0 Å². The van der Waals surface area contributed by atoms with Crippen molar-refractivity contribution in [1.29, 1.82) is 0 Å². The summed E-state index contributed by atoms with van der Waals surface area (Å²) in [5, 5.41) is 2.95. The molecule has 0 unspecified atom stereocenters. The molecule has 0 spiro atoms. The summed E-state index contributed by atoms with van der Waals surface area (Å²) in [5.41, 5.74) is 3.66. The molecule has 1 amide bonds. The summed E-state index contributed by atoms with van der Waals surface area (Å²) < 4.78 is 12.3. The molecule has 0 radical (unpaired) electrons. The standard InChI is InChI=1S/C31H47NO4/c1-18(17-32-20(3)33)7-10-27-19(2)29-28(36-27)16-26-24-9-8-22-15-23(35-21(4)34)11-13-30(22,5)25(24)12-14-31(26,29)6/h8,18,23-26,28-29H,7,9-17H2,1-6H3,(H,32,33)/t18-,23-,24+,25+,26+,28+,29+,30-,31-/m0/s1. The molecule has 3 saturated carbocycles. The Kier molecular flexibility index (Phi) is 6.83. The summed E-state index contributed by atoms with van der Waals surface area (Å²) in [6, 6.07) is 0. The third-order valence-corrected chi connectivity index (χ3v) is 11.2. The molecule has 0 aromatic heterocycles. The minimum atomic E-state index is -0.145. The van der Waals surface area contributed by atoms with Gasteiger partial charge in [0.25, 0.3) is 0 Å². The van der Waals surface area contributed by atoms with Crippen molar-refractivity contribution in [3.05, 3.63) is 23.0 Å². The summed E-state index contributed by atoms with van der Waals surface area (Å²) in [4.78, 5) is 22.8. The molecule has 200 valence electrons. The van der Waals surface area contributed by atoms with Crippen molar-refractivity contribution >= 4 is 11.9 Å². The third-order valence-electron chi connectivity index (χ3n) is 11.2. The maximum atomic E-state index is 11.5. The van der Waals surface area contributed by atoms with Gasteiger partial charge in [0.05, 0.1) is 5.76 Å². The molecular weight excluding hydrogens is 450 g/mol. The summed E-state index contributed by atoms with van der Waals surface area (Å²) in [6.07, 6.45) is 13.0. The van der Waals surface area contributed by atoms with E-state index in [-0.39, 0.29) is 23.4 Å². The first-order valence-corrected chi connectivity index (χ1v) is 14.5. The van der Waals surface area contributed by atoms with Crippen molar-refractivity contribution in [2.45, 2.75) is 112 Å². The van der Waals surface area contributed by atoms with E-state index in [1.54, 1.807) is 12.5 Å². The van der Waals surface area contributed by atoms with E-state index in [9.17, 15) is 9.59 Å². The summed E-state index contributed by atoms with van der Waals surface area (Å²) in [6.45, 7) is 13.5. The van der Waals surface area contributed by atoms with Crippen molar-refractivity contribution in [1.82, 2.24) is 5.32 Å². The van der Waals surface area contributed by atoms with Gasteiger partial charge in [-0.15, -0.1) is 0 Å². The van der Waals surface area contributed by atoms with E-state index in [0.29, 0.717) is 23.4 Å². The van der Waals surface area contributed by atoms with E-state index < -0.39 is 0 Å². The Hall–Kier alpha value is -1.78. The van der Waals surface area contributed by atoms with Gasteiger partial charge in [0.2, 0.25) is 5.91 Å². The number of nitrogens with one attached hydrogen (secondary N) is 1. The van der Waals surface area contributed by atoms with Crippen LogP contribution in [-0.2, 0) is 19.1 Å². The highest BCUT2D eigenvalue weighted by Gasteiger charge is 2.63. The molecule has 0 aromatic carbocycles. The fourth-order valence-corrected chi connectivity index (χ4v) is 9.34. The number of ether oxygens (including phenoxy) is 2. The Bertz CT molecular complexity index is 968. The largest absolute Gasteiger partial charge is 0.494 e. The highest BCUT2D eigenvalue weighted by atomic mass is 16.5. The van der Waals surface area contributed by atoms with Gasteiger partial charge >= 0.3 is 5.97 Å². The maximum absolute atomic E-state index is 11.5. The van der Waals surface area contributed by atoms with Crippen LogP contribution in [0.3, 0.4) is 0 Å². The number of carbonyl (C=O) groups excluding carboxylic acids is 2. The first kappa shape index (κ1) is 25.9. The van der Waals surface area contributed by atoms with Crippen LogP contribution in [0, 0.1) is 40.4 Å². The minimum Gasteiger partial charge on any atom is -0.494 e. The lowest BCUT2D eigenvalue weighted by atomic mass is 9.47. The zero-order valence-corrected chi connectivity index (χ0v) is 23.3. The molecule has 5 nitrogen and oxygen atoms in total. The van der Waals surface area contributed by atoms with Crippen LogP contribution in [0.4, 0.5) is 0 Å². The van der Waals surface area contributed by atoms with Crippen molar-refractivity contribution < 1.29 is 19.1 Å². The molecule has 0 saturated heterocycles. The average Bonchev–Trinajstić information content (AvgIpc) is 3.29. The first-order valence-electron chi connectivity index (χ1n) is 14.5. The molecule has 1 aliphatic heterocycles. The molecule has 5 aliphatic rings. The number of allylic oxidation sites excluding steroid dienone is 2. The fraction of sp³-hybridized carbons (Fsp3) is 0.806. The van der Waals surface area contributed by atoms with E-state index in [1.165, 1.54) is 43.9 Å². The number of esters is 1. The Morgan fingerprint density at radius 1 is 1.19 bits per heavy atom. The zero-order chi connectivity index (χ0) is 25.8. The lowest BCUT2D eigenvalue weighted by molar-refractivity contribution is -0.148. The summed E-state index contributed by atoms with van der Waals surface area (Å²) in [5.74, 6) is 4.37. The molecule has 3 fully saturated rings. The number of hydrogen-bond donors (Lipinski definition) is 1. The highest BCUT2D eigenvalue weighted by molar-refractivity contribution is 5.72. The second-order valence-electron chi connectivity index (χ2n) is 13.3. The predicted molar refractivity (Wildman–Crippen MR) is 141 cm³/mol. The van der Waals surface area contributed by atoms with Gasteiger partial charge < -0.3 is 14.8 Å². The van der Waals surface area contributed by atoms with Gasteiger partial charge in [-0.3, -0.25) is 9.59 Å². The lowest BCUT2D eigenvalue weighted by Crippen LogP contribution is -2.50. The SMILES string of the molecule is CC(=O)NC[C@@H](C)CCC1=C(C)[C@@H]2[C@@H](C[C@@H]3[C@@H]4CC=C5C[C@@H](OC(C)=O)CC[C@]5(C)[C@@H]4CC[C@@]32C)O1. The average molecular weight is 498 g/mol. The maximum Gasteiger partial charge on any atom is 0.302 e. The molecule has 5 heteroatoms. The topological polar surface area (TPSA) is 64.6 Å². The normalized spacial score (nSPS) is 41.8. The van der Waals surface area contributed by atoms with Gasteiger partial charge in [0, 0.05) is 39.2 Å². The number of fused-ring (bicyclic) bond motifs is 7. The molecule has 1 heterocycles. The Balaban J connectivity index is 1.29. The number of rotatable bonds is 6. The molecular formula is C31H47NO4. The monoisotopic (exact) mass is 497 g/mol. The van der Waals surface area contributed by atoms with E-state index in [0.717, 1.165) is 56.4 Å². The number of hydrogen-bond acceptors (Lipinski definition) is 4. The molecule has 0 aromatic rings. The van der Waals surface area contributed by atoms with Gasteiger partial charge in [0.1, 0.15) is 12.2 Å². The molecule has 9 atom stereocenters. The van der Waals surface area contributed by atoms with Gasteiger partial charge in [-0.1, -0.05) is 32.4 Å². The van der Waals surface area contributed by atoms with E-state index in [1.807, 2.05) is 0 Å². The van der Waals surface area contributed by atoms with Crippen LogP contribution in [0.5, 0.6) is 0 Å². The number of carbonyl (C=O) groups is 2. The Morgan fingerprint density at radius 3 is 2.69 bits per heavy atom. The highest BCUT2D eigenvalue weighted by Crippen LogP contribution is 2.69. The second-order valence-corrected chi connectivity index (χ2v) is 13.3. The smallest absolute Gasteiger partial charge is 0.302 e. The van der Waals surface area contributed by atoms with Crippen LogP contribution >= 0.6 is 0 Å². The predicted octanol–water partition coefficient (Wildman–Crippen LogP) is 6.33. The molecule has 0 bridgehead atoms. The van der Waals surface area contributed by atoms with Crippen LogP contribution in [0.25, 0.3) is 0 Å². The Labute approximate surface area is 217 Å². The first-order chi connectivity index (χ1) is 17.0. The van der Waals surface area contributed by atoms with Crippen molar-refractivity contribution in [3.8, 4) is 0 Å². The van der Waals surface area contributed by atoms with E-state index in [2.05, 4.69) is 39.1 Å². The molecule has 1 N–H and O–H groups in total. The third kappa shape index (κ3) is 4.32. The fourth-order valence-electron chi connectivity index (χ4n) is 9.34. The van der Waals surface area contributed by atoms with Crippen LogP contribution in [0.1, 0.15) is 99.3 Å². The van der Waals surface area contributed by atoms with Crippen LogP contribution in [-0.4, -0.2) is 30.6 Å². The van der Waals surface area contributed by atoms with Crippen molar-refractivity contribution in [3.63, 3.8) is 0 Å².